The fraction of sp³-hybridized carbons (Fsp3) is 0.222. The van der Waals surface area contributed by atoms with Gasteiger partial charge in [0.25, 0.3) is 5.56 Å². The van der Waals surface area contributed by atoms with Crippen molar-refractivity contribution in [2.24, 2.45) is 0 Å². The van der Waals surface area contributed by atoms with Crippen molar-refractivity contribution in [3.8, 4) is 17.1 Å². The Morgan fingerprint density at radius 3 is 2.75 bits per heavy atom. The molecule has 0 radical (unpaired) electrons. The number of aliphatic hydroxyl groups excluding tert-OH is 1. The maximum atomic E-state index is 12.9. The van der Waals surface area contributed by atoms with Crippen LogP contribution in [0.5, 0.6) is 0 Å². The number of thioether (sulfide) groups is 1. The summed E-state index contributed by atoms with van der Waals surface area (Å²) in [7, 11) is 0. The number of aromatic amines is 2. The summed E-state index contributed by atoms with van der Waals surface area (Å²) in [6.07, 6.45) is 6.96. The number of anilines is 1. The van der Waals surface area contributed by atoms with E-state index in [-0.39, 0.29) is 18.2 Å². The largest absolute Gasteiger partial charge is 0.394 e. The van der Waals surface area contributed by atoms with Crippen LogP contribution in [0.3, 0.4) is 0 Å². The van der Waals surface area contributed by atoms with E-state index in [1.807, 2.05) is 29.8 Å². The minimum atomic E-state index is -0.254. The van der Waals surface area contributed by atoms with Crippen molar-refractivity contribution < 1.29 is 5.11 Å². The highest BCUT2D eigenvalue weighted by molar-refractivity contribution is 7.98. The van der Waals surface area contributed by atoms with Gasteiger partial charge in [-0.3, -0.25) is 4.79 Å². The summed E-state index contributed by atoms with van der Waals surface area (Å²) in [5, 5.41) is 13.4. The number of nitrogens with zero attached hydrogens (tertiary/aromatic N) is 3. The van der Waals surface area contributed by atoms with E-state index in [0.29, 0.717) is 22.8 Å². The van der Waals surface area contributed by atoms with Crippen molar-refractivity contribution in [3.05, 3.63) is 94.4 Å². The zero-order valence-corrected chi connectivity index (χ0v) is 21.0. The summed E-state index contributed by atoms with van der Waals surface area (Å²) < 4.78 is 1.93. The van der Waals surface area contributed by atoms with Gasteiger partial charge in [0.15, 0.2) is 0 Å². The molecule has 0 saturated heterocycles. The van der Waals surface area contributed by atoms with Gasteiger partial charge < -0.3 is 25.0 Å². The Labute approximate surface area is 212 Å². The van der Waals surface area contributed by atoms with E-state index in [9.17, 15) is 9.90 Å². The number of aliphatic hydroxyl groups is 1. The topological polar surface area (TPSA) is 112 Å². The van der Waals surface area contributed by atoms with Gasteiger partial charge in [0.05, 0.1) is 35.7 Å². The van der Waals surface area contributed by atoms with Gasteiger partial charge in [-0.2, -0.15) is 11.8 Å². The van der Waals surface area contributed by atoms with Crippen LogP contribution in [0.2, 0.25) is 0 Å². The number of nitrogens with one attached hydrogen (secondary N) is 3. The Bertz CT molecular complexity index is 1520. The molecule has 36 heavy (non-hydrogen) atoms. The molecule has 1 unspecified atom stereocenters. The Morgan fingerprint density at radius 1 is 1.17 bits per heavy atom. The molecule has 3 aromatic heterocycles. The molecule has 9 heteroatoms. The molecule has 8 nitrogen and oxygen atoms in total. The SMILES string of the molecule is Cc1ccc(CSCC(CO)Nc2cc[nH]c(=O)c2-c2nc3c(C)cc(-n4ccnc4)cc3[nH]2)cc1. The smallest absolute Gasteiger partial charge is 0.261 e. The van der Waals surface area contributed by atoms with Crippen LogP contribution in [0, 0.1) is 13.8 Å². The van der Waals surface area contributed by atoms with Crippen molar-refractivity contribution in [2.45, 2.75) is 25.6 Å². The molecule has 0 fully saturated rings. The highest BCUT2D eigenvalue weighted by atomic mass is 32.2. The van der Waals surface area contributed by atoms with Gasteiger partial charge in [-0.1, -0.05) is 29.8 Å². The summed E-state index contributed by atoms with van der Waals surface area (Å²) in [6.45, 7) is 4.01. The van der Waals surface area contributed by atoms with Crippen LogP contribution in [0.1, 0.15) is 16.7 Å². The third-order valence-electron chi connectivity index (χ3n) is 6.05. The van der Waals surface area contributed by atoms with Crippen LogP contribution in [0.25, 0.3) is 28.1 Å². The number of aromatic nitrogens is 5. The molecule has 0 aliphatic carbocycles. The summed E-state index contributed by atoms with van der Waals surface area (Å²) in [6, 6.07) is 14.1. The van der Waals surface area contributed by atoms with Crippen LogP contribution in [-0.2, 0) is 5.75 Å². The summed E-state index contributed by atoms with van der Waals surface area (Å²) in [5.74, 6) is 2.01. The number of benzene rings is 2. The molecule has 5 aromatic rings. The average molecular weight is 501 g/mol. The second-order valence-corrected chi connectivity index (χ2v) is 9.86. The Hall–Kier alpha value is -3.82. The molecule has 0 amide bonds. The molecule has 0 saturated carbocycles. The molecule has 0 aliphatic heterocycles. The second-order valence-electron chi connectivity index (χ2n) is 8.83. The van der Waals surface area contributed by atoms with Gasteiger partial charge in [0.2, 0.25) is 0 Å². The average Bonchev–Trinajstić information content (AvgIpc) is 3.55. The predicted octanol–water partition coefficient (Wildman–Crippen LogP) is 4.43. The van der Waals surface area contributed by atoms with Crippen molar-refractivity contribution in [1.29, 1.82) is 0 Å². The molecule has 0 spiro atoms. The summed E-state index contributed by atoms with van der Waals surface area (Å²) in [4.78, 5) is 27.9. The maximum Gasteiger partial charge on any atom is 0.261 e. The fourth-order valence-corrected chi connectivity index (χ4v) is 5.17. The van der Waals surface area contributed by atoms with Gasteiger partial charge in [0.1, 0.15) is 11.4 Å². The monoisotopic (exact) mass is 500 g/mol. The first-order chi connectivity index (χ1) is 17.5. The molecule has 2 aromatic carbocycles. The standard InChI is InChI=1S/C27H28N6O2S/c1-17-3-5-19(6-4-17)14-36-15-20(13-34)30-22-7-8-29-27(35)24(22)26-31-23-12-21(33-10-9-28-16-33)11-18(2)25(23)32-26/h3-12,16,20,34H,13-15H2,1-2H3,(H,31,32)(H2,29,30,35). The first kappa shape index (κ1) is 23.9. The van der Waals surface area contributed by atoms with Crippen molar-refractivity contribution in [3.63, 3.8) is 0 Å². The molecule has 5 rings (SSSR count). The van der Waals surface area contributed by atoms with Crippen LogP contribution < -0.4 is 10.9 Å². The van der Waals surface area contributed by atoms with E-state index >= 15 is 0 Å². The fourth-order valence-electron chi connectivity index (χ4n) is 4.15. The van der Waals surface area contributed by atoms with Crippen LogP contribution in [0.15, 0.2) is 72.2 Å². The van der Waals surface area contributed by atoms with Gasteiger partial charge in [-0.15, -0.1) is 0 Å². The summed E-state index contributed by atoms with van der Waals surface area (Å²) in [5.41, 5.74) is 6.84. The van der Waals surface area contributed by atoms with Crippen LogP contribution in [-0.4, -0.2) is 48.0 Å². The number of hydrogen-bond donors (Lipinski definition) is 4. The van der Waals surface area contributed by atoms with E-state index < -0.39 is 0 Å². The number of pyridine rings is 1. The van der Waals surface area contributed by atoms with E-state index in [0.717, 1.165) is 28.0 Å². The quantitative estimate of drug-likeness (QED) is 0.238. The molecule has 1 atom stereocenters. The predicted molar refractivity (Wildman–Crippen MR) is 146 cm³/mol. The first-order valence-electron chi connectivity index (χ1n) is 11.7. The van der Waals surface area contributed by atoms with E-state index in [4.69, 9.17) is 4.98 Å². The van der Waals surface area contributed by atoms with Gasteiger partial charge in [-0.25, -0.2) is 9.97 Å². The van der Waals surface area contributed by atoms with Crippen molar-refractivity contribution in [2.75, 3.05) is 17.7 Å². The molecular weight excluding hydrogens is 472 g/mol. The Morgan fingerprint density at radius 2 is 2.00 bits per heavy atom. The van der Waals surface area contributed by atoms with Gasteiger partial charge in [0, 0.05) is 35.8 Å². The minimum absolute atomic E-state index is 0.0549. The normalized spacial score (nSPS) is 12.2. The number of hydrogen-bond acceptors (Lipinski definition) is 6. The molecule has 184 valence electrons. The van der Waals surface area contributed by atoms with Crippen LogP contribution >= 0.6 is 11.8 Å². The third-order valence-corrected chi connectivity index (χ3v) is 7.23. The highest BCUT2D eigenvalue weighted by Gasteiger charge is 2.18. The minimum Gasteiger partial charge on any atom is -0.394 e. The lowest BCUT2D eigenvalue weighted by atomic mass is 10.2. The molecule has 0 aliphatic rings. The summed E-state index contributed by atoms with van der Waals surface area (Å²) >= 11 is 1.74. The molecule has 4 N–H and O–H groups in total. The van der Waals surface area contributed by atoms with Crippen LogP contribution in [0.4, 0.5) is 5.69 Å². The zero-order chi connectivity index (χ0) is 25.1. The number of rotatable bonds is 9. The first-order valence-corrected chi connectivity index (χ1v) is 12.9. The van der Waals surface area contributed by atoms with Gasteiger partial charge >= 0.3 is 0 Å². The number of fused-ring (bicyclic) bond motifs is 1. The van der Waals surface area contributed by atoms with Gasteiger partial charge in [-0.05, 0) is 43.2 Å². The highest BCUT2D eigenvalue weighted by Crippen LogP contribution is 2.28. The van der Waals surface area contributed by atoms with E-state index in [1.165, 1.54) is 11.1 Å². The van der Waals surface area contributed by atoms with E-state index in [2.05, 4.69) is 51.5 Å². The lowest BCUT2D eigenvalue weighted by molar-refractivity contribution is 0.283. The molecule has 3 heterocycles. The lowest BCUT2D eigenvalue weighted by Crippen LogP contribution is -2.28. The number of H-pyrrole nitrogens is 2. The van der Waals surface area contributed by atoms with Crippen molar-refractivity contribution >= 4 is 28.5 Å². The second kappa shape index (κ2) is 10.4. The van der Waals surface area contributed by atoms with E-state index in [1.54, 1.807) is 36.5 Å². The molecule has 0 bridgehead atoms. The number of imidazole rings is 2. The van der Waals surface area contributed by atoms with Crippen molar-refractivity contribution in [1.82, 2.24) is 24.5 Å². The maximum absolute atomic E-state index is 12.9. The molecular formula is C27H28N6O2S. The third kappa shape index (κ3) is 5.07. The zero-order valence-electron chi connectivity index (χ0n) is 20.2. The number of aryl methyl sites for hydroxylation is 2. The Kier molecular flexibility index (Phi) is 6.92. The Balaban J connectivity index is 1.39. The lowest BCUT2D eigenvalue weighted by Gasteiger charge is -2.19.